The number of aromatic nitrogens is 3. The van der Waals surface area contributed by atoms with Gasteiger partial charge in [-0.05, 0) is 39.8 Å². The number of nitrogens with one attached hydrogen (secondary N) is 2. The highest BCUT2D eigenvalue weighted by Gasteiger charge is 2.22. The summed E-state index contributed by atoms with van der Waals surface area (Å²) in [5.74, 6) is -0.385. The zero-order chi connectivity index (χ0) is 17.7. The Labute approximate surface area is 145 Å². The summed E-state index contributed by atoms with van der Waals surface area (Å²) in [5, 5.41) is 13.1. The van der Waals surface area contributed by atoms with Crippen LogP contribution in [-0.4, -0.2) is 37.5 Å². The Bertz CT molecular complexity index is 709. The van der Waals surface area contributed by atoms with Gasteiger partial charge in [-0.3, -0.25) is 14.7 Å². The third-order valence-corrected chi connectivity index (χ3v) is 3.98. The second-order valence-corrected chi connectivity index (χ2v) is 7.58. The number of urea groups is 1. The highest BCUT2D eigenvalue weighted by molar-refractivity contribution is 8.00. The Morgan fingerprint density at radius 2 is 1.88 bits per heavy atom. The summed E-state index contributed by atoms with van der Waals surface area (Å²) in [7, 11) is 0. The van der Waals surface area contributed by atoms with Crippen LogP contribution in [0.4, 0.5) is 4.79 Å². The smallest absolute Gasteiger partial charge is 0.321 e. The first-order valence-electron chi connectivity index (χ1n) is 7.51. The molecule has 24 heavy (non-hydrogen) atoms. The Morgan fingerprint density at radius 1 is 1.21 bits per heavy atom. The van der Waals surface area contributed by atoms with Crippen LogP contribution in [0.2, 0.25) is 0 Å². The van der Waals surface area contributed by atoms with Crippen molar-refractivity contribution in [2.45, 2.75) is 43.6 Å². The van der Waals surface area contributed by atoms with E-state index in [1.54, 1.807) is 17.8 Å². The van der Waals surface area contributed by atoms with Crippen LogP contribution in [0.5, 0.6) is 0 Å². The monoisotopic (exact) mass is 347 g/mol. The summed E-state index contributed by atoms with van der Waals surface area (Å²) >= 11 is 1.24. The van der Waals surface area contributed by atoms with E-state index in [1.165, 1.54) is 11.8 Å². The van der Waals surface area contributed by atoms with Crippen LogP contribution in [-0.2, 0) is 4.79 Å². The number of imide groups is 1. The molecule has 0 aliphatic carbocycles. The summed E-state index contributed by atoms with van der Waals surface area (Å²) in [6.45, 7) is 7.25. The number of para-hydroxylation sites is 1. The van der Waals surface area contributed by atoms with E-state index in [0.717, 1.165) is 5.69 Å². The number of hydrogen-bond donors (Lipinski definition) is 2. The van der Waals surface area contributed by atoms with E-state index in [-0.39, 0.29) is 5.91 Å². The second kappa shape index (κ2) is 7.48. The Hall–Kier alpha value is -2.35. The third-order valence-electron chi connectivity index (χ3n) is 2.93. The quantitative estimate of drug-likeness (QED) is 0.829. The fourth-order valence-corrected chi connectivity index (χ4v) is 2.71. The molecule has 7 nitrogen and oxygen atoms in total. The van der Waals surface area contributed by atoms with Crippen molar-refractivity contribution in [2.24, 2.45) is 0 Å². The molecule has 1 aromatic carbocycles. The molecule has 0 radical (unpaired) electrons. The summed E-state index contributed by atoms with van der Waals surface area (Å²) in [6, 6.07) is 9.09. The van der Waals surface area contributed by atoms with Gasteiger partial charge in [0.05, 0.1) is 5.25 Å². The Morgan fingerprint density at radius 3 is 2.50 bits per heavy atom. The topological polar surface area (TPSA) is 88.9 Å². The van der Waals surface area contributed by atoms with Crippen molar-refractivity contribution in [1.82, 2.24) is 25.4 Å². The molecule has 0 aliphatic rings. The van der Waals surface area contributed by atoms with Crippen molar-refractivity contribution in [1.29, 1.82) is 0 Å². The number of nitrogens with zero attached hydrogens (tertiary/aromatic N) is 3. The van der Waals surface area contributed by atoms with Crippen molar-refractivity contribution in [3.8, 4) is 5.69 Å². The van der Waals surface area contributed by atoms with Gasteiger partial charge in [-0.1, -0.05) is 30.0 Å². The van der Waals surface area contributed by atoms with Gasteiger partial charge in [-0.15, -0.1) is 10.2 Å². The molecule has 2 aromatic rings. The molecule has 0 saturated carbocycles. The Balaban J connectivity index is 2.00. The molecule has 0 fully saturated rings. The molecule has 1 heterocycles. The van der Waals surface area contributed by atoms with Gasteiger partial charge in [-0.2, -0.15) is 0 Å². The molecule has 2 N–H and O–H groups in total. The van der Waals surface area contributed by atoms with Gasteiger partial charge in [0.25, 0.3) is 0 Å². The third kappa shape index (κ3) is 5.09. The standard InChI is InChI=1S/C16H21N5O2S/c1-11(13(22)18-14(23)19-16(2,3)4)24-15-20-17-10-21(15)12-8-6-5-7-9-12/h5-11H,1-4H3,(H2,18,19,22,23). The molecule has 8 heteroatoms. The average molecular weight is 347 g/mol. The van der Waals surface area contributed by atoms with E-state index in [0.29, 0.717) is 5.16 Å². The van der Waals surface area contributed by atoms with Crippen LogP contribution in [0.25, 0.3) is 5.69 Å². The van der Waals surface area contributed by atoms with Crippen LogP contribution in [0.1, 0.15) is 27.7 Å². The van der Waals surface area contributed by atoms with Gasteiger partial charge in [-0.25, -0.2) is 4.79 Å². The minimum absolute atomic E-state index is 0.385. The van der Waals surface area contributed by atoms with E-state index in [9.17, 15) is 9.59 Å². The van der Waals surface area contributed by atoms with Crippen LogP contribution in [0.15, 0.2) is 41.8 Å². The predicted molar refractivity (Wildman–Crippen MR) is 93.1 cm³/mol. The number of carbonyl (C=O) groups is 2. The minimum atomic E-state index is -0.510. The average Bonchev–Trinajstić information content (AvgIpc) is 2.94. The number of rotatable bonds is 4. The van der Waals surface area contributed by atoms with E-state index in [1.807, 2.05) is 51.1 Å². The molecular weight excluding hydrogens is 326 g/mol. The molecule has 3 amide bonds. The lowest BCUT2D eigenvalue weighted by Gasteiger charge is -2.21. The fourth-order valence-electron chi connectivity index (χ4n) is 1.87. The first kappa shape index (κ1) is 18.0. The molecule has 0 bridgehead atoms. The van der Waals surface area contributed by atoms with Crippen LogP contribution in [0, 0.1) is 0 Å². The maximum absolute atomic E-state index is 12.2. The molecular formula is C16H21N5O2S. The molecule has 128 valence electrons. The summed E-state index contributed by atoms with van der Waals surface area (Å²) in [6.07, 6.45) is 1.59. The maximum atomic E-state index is 12.2. The summed E-state index contributed by atoms with van der Waals surface area (Å²) < 4.78 is 1.80. The minimum Gasteiger partial charge on any atom is -0.333 e. The zero-order valence-corrected chi connectivity index (χ0v) is 14.9. The zero-order valence-electron chi connectivity index (χ0n) is 14.1. The van der Waals surface area contributed by atoms with Crippen molar-refractivity contribution in [3.05, 3.63) is 36.7 Å². The largest absolute Gasteiger partial charge is 0.333 e. The molecule has 1 atom stereocenters. The molecule has 0 saturated heterocycles. The van der Waals surface area contributed by atoms with E-state index in [4.69, 9.17) is 0 Å². The molecule has 1 aromatic heterocycles. The van der Waals surface area contributed by atoms with Gasteiger partial charge in [0, 0.05) is 11.2 Å². The molecule has 2 rings (SSSR count). The van der Waals surface area contributed by atoms with Crippen molar-refractivity contribution >= 4 is 23.7 Å². The van der Waals surface area contributed by atoms with Crippen LogP contribution in [0.3, 0.4) is 0 Å². The highest BCUT2D eigenvalue weighted by atomic mass is 32.2. The van der Waals surface area contributed by atoms with Crippen LogP contribution >= 0.6 is 11.8 Å². The van der Waals surface area contributed by atoms with Crippen molar-refractivity contribution in [3.63, 3.8) is 0 Å². The van der Waals surface area contributed by atoms with Gasteiger partial charge in [0.1, 0.15) is 6.33 Å². The highest BCUT2D eigenvalue weighted by Crippen LogP contribution is 2.23. The number of benzene rings is 1. The predicted octanol–water partition coefficient (Wildman–Crippen LogP) is 2.37. The summed E-state index contributed by atoms with van der Waals surface area (Å²) in [5.41, 5.74) is 0.497. The van der Waals surface area contributed by atoms with Gasteiger partial charge < -0.3 is 5.32 Å². The number of amides is 3. The first-order chi connectivity index (χ1) is 11.3. The second-order valence-electron chi connectivity index (χ2n) is 6.27. The normalized spacial score (nSPS) is 12.5. The lowest BCUT2D eigenvalue weighted by atomic mass is 10.1. The number of thioether (sulfide) groups is 1. The van der Waals surface area contributed by atoms with E-state index in [2.05, 4.69) is 20.8 Å². The van der Waals surface area contributed by atoms with Gasteiger partial charge in [0.2, 0.25) is 5.91 Å². The molecule has 1 unspecified atom stereocenters. The number of carbonyl (C=O) groups excluding carboxylic acids is 2. The van der Waals surface area contributed by atoms with Crippen LogP contribution < -0.4 is 10.6 Å². The lowest BCUT2D eigenvalue weighted by molar-refractivity contribution is -0.119. The SMILES string of the molecule is CC(Sc1nncn1-c1ccccc1)C(=O)NC(=O)NC(C)(C)C. The van der Waals surface area contributed by atoms with E-state index >= 15 is 0 Å². The van der Waals surface area contributed by atoms with Gasteiger partial charge >= 0.3 is 6.03 Å². The van der Waals surface area contributed by atoms with Crippen molar-refractivity contribution < 1.29 is 9.59 Å². The van der Waals surface area contributed by atoms with Gasteiger partial charge in [0.15, 0.2) is 5.16 Å². The molecule has 0 spiro atoms. The molecule has 0 aliphatic heterocycles. The fraction of sp³-hybridized carbons (Fsp3) is 0.375. The van der Waals surface area contributed by atoms with E-state index < -0.39 is 16.8 Å². The first-order valence-corrected chi connectivity index (χ1v) is 8.39. The Kier molecular flexibility index (Phi) is 5.61. The maximum Gasteiger partial charge on any atom is 0.321 e. The number of hydrogen-bond acceptors (Lipinski definition) is 5. The summed E-state index contributed by atoms with van der Waals surface area (Å²) in [4.78, 5) is 23.9. The van der Waals surface area contributed by atoms with Crippen molar-refractivity contribution in [2.75, 3.05) is 0 Å². The lowest BCUT2D eigenvalue weighted by Crippen LogP contribution is -2.49.